The molecule has 2 atom stereocenters. The zero-order valence-corrected chi connectivity index (χ0v) is 18.3. The number of thioether (sulfide) groups is 1. The van der Waals surface area contributed by atoms with E-state index in [1.54, 1.807) is 0 Å². The maximum Gasteiger partial charge on any atom is 0.242 e. The Morgan fingerprint density at radius 2 is 1.55 bits per heavy atom. The zero-order valence-electron chi connectivity index (χ0n) is 17.5. The van der Waals surface area contributed by atoms with Gasteiger partial charge in [0.2, 0.25) is 16.9 Å². The van der Waals surface area contributed by atoms with E-state index in [2.05, 4.69) is 10.6 Å². The summed E-state index contributed by atoms with van der Waals surface area (Å²) in [5.74, 6) is -0.805. The molecule has 7 nitrogen and oxygen atoms in total. The number of hydrogen-bond donors (Lipinski definition) is 4. The van der Waals surface area contributed by atoms with Crippen LogP contribution in [-0.2, 0) is 20.8 Å². The van der Waals surface area contributed by atoms with Crippen molar-refractivity contribution in [3.05, 3.63) is 66.2 Å². The second-order valence-electron chi connectivity index (χ2n) is 7.15. The van der Waals surface area contributed by atoms with Crippen LogP contribution in [0.15, 0.2) is 65.6 Å². The second-order valence-corrected chi connectivity index (χ2v) is 8.28. The van der Waals surface area contributed by atoms with Gasteiger partial charge in [-0.3, -0.25) is 14.4 Å². The Bertz CT molecular complexity index is 833. The number of amides is 2. The first-order chi connectivity index (χ1) is 15.0. The minimum atomic E-state index is -0.775. The average molecular weight is 443 g/mol. The van der Waals surface area contributed by atoms with Crippen LogP contribution in [0.25, 0.3) is 0 Å². The Balaban J connectivity index is 1.89. The van der Waals surface area contributed by atoms with Gasteiger partial charge in [0.05, 0.1) is 12.6 Å². The Hall–Kier alpha value is -2.68. The molecule has 2 aromatic rings. The van der Waals surface area contributed by atoms with Crippen LogP contribution < -0.4 is 22.1 Å². The summed E-state index contributed by atoms with van der Waals surface area (Å²) in [5, 5.41) is 5.17. The summed E-state index contributed by atoms with van der Waals surface area (Å²) in [4.78, 5) is 38.2. The van der Waals surface area contributed by atoms with Gasteiger partial charge in [-0.1, -0.05) is 60.3 Å². The highest BCUT2D eigenvalue weighted by Gasteiger charge is 2.24. The molecule has 8 heteroatoms. The number of benzene rings is 2. The molecule has 2 amide bonds. The first-order valence-corrected chi connectivity index (χ1v) is 11.1. The lowest BCUT2D eigenvalue weighted by atomic mass is 10.0. The standard InChI is InChI=1S/C23H30N4O3S/c24-14-8-7-13-20(27-22(29)19(25)15-17-9-3-1-4-10-17)23(30)26-16-21(28)31-18-11-5-2-6-12-18/h1-6,9-12,19-20H,7-8,13-16,24-25H2,(H,26,30)(H,27,29)/t19-,20-/m0/s1. The summed E-state index contributed by atoms with van der Waals surface area (Å²) in [5.41, 5.74) is 12.5. The zero-order chi connectivity index (χ0) is 22.5. The van der Waals surface area contributed by atoms with Crippen molar-refractivity contribution in [2.45, 2.75) is 42.7 Å². The topological polar surface area (TPSA) is 127 Å². The van der Waals surface area contributed by atoms with Crippen molar-refractivity contribution in [2.24, 2.45) is 11.5 Å². The Labute approximate surface area is 187 Å². The third kappa shape index (κ3) is 9.33. The minimum Gasteiger partial charge on any atom is -0.346 e. The normalized spacial score (nSPS) is 12.6. The molecule has 0 radical (unpaired) electrons. The summed E-state index contributed by atoms with van der Waals surface area (Å²) in [6.07, 6.45) is 2.21. The van der Waals surface area contributed by atoms with Crippen LogP contribution in [0.3, 0.4) is 0 Å². The Kier molecular flexibility index (Phi) is 10.8. The quantitative estimate of drug-likeness (QED) is 0.292. The number of unbranched alkanes of at least 4 members (excludes halogenated alkanes) is 1. The van der Waals surface area contributed by atoms with Gasteiger partial charge in [0.1, 0.15) is 6.04 Å². The largest absolute Gasteiger partial charge is 0.346 e. The molecule has 2 rings (SSSR count). The third-order valence-corrected chi connectivity index (χ3v) is 5.48. The fourth-order valence-corrected chi connectivity index (χ4v) is 3.64. The van der Waals surface area contributed by atoms with Gasteiger partial charge in [0, 0.05) is 4.90 Å². The fraction of sp³-hybridized carbons (Fsp3) is 0.348. The highest BCUT2D eigenvalue weighted by atomic mass is 32.2. The summed E-state index contributed by atoms with van der Waals surface area (Å²) >= 11 is 1.06. The number of carbonyl (C=O) groups excluding carboxylic acids is 3. The average Bonchev–Trinajstić information content (AvgIpc) is 2.78. The number of rotatable bonds is 12. The van der Waals surface area contributed by atoms with Crippen molar-refractivity contribution in [3.63, 3.8) is 0 Å². The van der Waals surface area contributed by atoms with Crippen LogP contribution in [0.4, 0.5) is 0 Å². The van der Waals surface area contributed by atoms with E-state index in [1.807, 2.05) is 60.7 Å². The molecule has 31 heavy (non-hydrogen) atoms. The number of nitrogens with two attached hydrogens (primary N) is 2. The second kappa shape index (κ2) is 13.6. The van der Waals surface area contributed by atoms with Crippen molar-refractivity contribution >= 4 is 28.7 Å². The van der Waals surface area contributed by atoms with Crippen molar-refractivity contribution in [3.8, 4) is 0 Å². The molecular formula is C23H30N4O3S. The van der Waals surface area contributed by atoms with Crippen LogP contribution in [0.2, 0.25) is 0 Å². The molecule has 0 aliphatic carbocycles. The molecule has 0 unspecified atom stereocenters. The molecule has 2 aromatic carbocycles. The molecule has 166 valence electrons. The number of carbonyl (C=O) groups is 3. The van der Waals surface area contributed by atoms with E-state index in [9.17, 15) is 14.4 Å². The van der Waals surface area contributed by atoms with Crippen molar-refractivity contribution < 1.29 is 14.4 Å². The lowest BCUT2D eigenvalue weighted by molar-refractivity contribution is -0.130. The molecule has 0 spiro atoms. The van der Waals surface area contributed by atoms with Crippen molar-refractivity contribution in [2.75, 3.05) is 13.1 Å². The molecule has 0 bridgehead atoms. The smallest absolute Gasteiger partial charge is 0.242 e. The Morgan fingerprint density at radius 3 is 2.19 bits per heavy atom. The molecule has 0 aliphatic heterocycles. The molecule has 0 fully saturated rings. The molecule has 0 saturated heterocycles. The Morgan fingerprint density at radius 1 is 0.903 bits per heavy atom. The van der Waals surface area contributed by atoms with Crippen LogP contribution in [0, 0.1) is 0 Å². The highest BCUT2D eigenvalue weighted by Crippen LogP contribution is 2.17. The molecular weight excluding hydrogens is 412 g/mol. The summed E-state index contributed by atoms with van der Waals surface area (Å²) in [6.45, 7) is 0.375. The molecule has 6 N–H and O–H groups in total. The highest BCUT2D eigenvalue weighted by molar-refractivity contribution is 8.13. The summed E-state index contributed by atoms with van der Waals surface area (Å²) in [6, 6.07) is 17.1. The summed E-state index contributed by atoms with van der Waals surface area (Å²) < 4.78 is 0. The van der Waals surface area contributed by atoms with E-state index in [0.29, 0.717) is 25.8 Å². The van der Waals surface area contributed by atoms with Crippen LogP contribution >= 0.6 is 11.8 Å². The van der Waals surface area contributed by atoms with Crippen LogP contribution in [-0.4, -0.2) is 42.1 Å². The predicted octanol–water partition coefficient (Wildman–Crippen LogP) is 1.61. The van der Waals surface area contributed by atoms with E-state index in [4.69, 9.17) is 11.5 Å². The van der Waals surface area contributed by atoms with Crippen molar-refractivity contribution in [1.29, 1.82) is 0 Å². The van der Waals surface area contributed by atoms with Gasteiger partial charge in [0.25, 0.3) is 0 Å². The van der Waals surface area contributed by atoms with E-state index >= 15 is 0 Å². The number of nitrogens with one attached hydrogen (secondary N) is 2. The van der Waals surface area contributed by atoms with Gasteiger partial charge < -0.3 is 22.1 Å². The van der Waals surface area contributed by atoms with E-state index in [1.165, 1.54) is 0 Å². The van der Waals surface area contributed by atoms with Gasteiger partial charge in [-0.25, -0.2) is 0 Å². The molecule has 0 heterocycles. The lowest BCUT2D eigenvalue weighted by Crippen LogP contribution is -2.52. The van der Waals surface area contributed by atoms with Gasteiger partial charge >= 0.3 is 0 Å². The van der Waals surface area contributed by atoms with Crippen LogP contribution in [0.5, 0.6) is 0 Å². The summed E-state index contributed by atoms with van der Waals surface area (Å²) in [7, 11) is 0. The first-order valence-electron chi connectivity index (χ1n) is 10.3. The maximum absolute atomic E-state index is 12.7. The van der Waals surface area contributed by atoms with Gasteiger partial charge in [-0.05, 0) is 49.9 Å². The third-order valence-electron chi connectivity index (χ3n) is 4.60. The lowest BCUT2D eigenvalue weighted by Gasteiger charge is -2.20. The van der Waals surface area contributed by atoms with Gasteiger partial charge in [-0.15, -0.1) is 0 Å². The van der Waals surface area contributed by atoms with Crippen molar-refractivity contribution in [1.82, 2.24) is 10.6 Å². The van der Waals surface area contributed by atoms with Gasteiger partial charge in [0.15, 0.2) is 0 Å². The molecule has 0 aliphatic rings. The monoisotopic (exact) mass is 442 g/mol. The number of hydrogen-bond acceptors (Lipinski definition) is 6. The first kappa shape index (κ1) is 24.6. The van der Waals surface area contributed by atoms with Gasteiger partial charge in [-0.2, -0.15) is 0 Å². The van der Waals surface area contributed by atoms with E-state index < -0.39 is 23.9 Å². The predicted molar refractivity (Wildman–Crippen MR) is 123 cm³/mol. The fourth-order valence-electron chi connectivity index (χ4n) is 2.94. The molecule has 0 saturated carbocycles. The van der Waals surface area contributed by atoms with Crippen LogP contribution in [0.1, 0.15) is 24.8 Å². The minimum absolute atomic E-state index is 0.127. The van der Waals surface area contributed by atoms with E-state index in [-0.39, 0.29) is 11.7 Å². The van der Waals surface area contributed by atoms with E-state index in [0.717, 1.165) is 28.6 Å². The SMILES string of the molecule is NCCCC[C@H](NC(=O)[C@@H](N)Cc1ccccc1)C(=O)NCC(=O)Sc1ccccc1. The molecule has 0 aromatic heterocycles. The maximum atomic E-state index is 12.7.